The number of carbonyl (C=O) groups is 1. The first-order chi connectivity index (χ1) is 11.5. The number of benzene rings is 1. The average Bonchev–Trinajstić information content (AvgIpc) is 3.03. The van der Waals surface area contributed by atoms with Crippen LogP contribution in [0.2, 0.25) is 5.02 Å². The monoisotopic (exact) mass is 343 g/mol. The molecular formula is C16H14ClN5O2. The van der Waals surface area contributed by atoms with Crippen molar-refractivity contribution in [2.75, 3.05) is 7.05 Å². The third-order valence-corrected chi connectivity index (χ3v) is 3.81. The number of guanidine groups is 1. The molecule has 3 aromatic rings. The number of aromatic amines is 1. The van der Waals surface area contributed by atoms with Gasteiger partial charge < -0.3 is 15.5 Å². The van der Waals surface area contributed by atoms with E-state index in [1.807, 2.05) is 0 Å². The quantitative estimate of drug-likeness (QED) is 0.501. The number of carbonyl (C=O) groups excluding carboxylic acids is 1. The number of nitrogens with one attached hydrogen (secondary N) is 2. The lowest BCUT2D eigenvalue weighted by Crippen LogP contribution is -2.38. The Kier molecular flexibility index (Phi) is 4.09. The Morgan fingerprint density at radius 3 is 2.71 bits per heavy atom. The van der Waals surface area contributed by atoms with Crippen LogP contribution in [0.25, 0.3) is 10.9 Å². The molecule has 7 nitrogen and oxygen atoms in total. The van der Waals surface area contributed by atoms with Gasteiger partial charge in [-0.1, -0.05) is 11.6 Å². The van der Waals surface area contributed by atoms with Gasteiger partial charge in [-0.3, -0.25) is 20.1 Å². The van der Waals surface area contributed by atoms with Crippen molar-refractivity contribution in [1.29, 1.82) is 5.41 Å². The molecular weight excluding hydrogens is 330 g/mol. The molecule has 0 bridgehead atoms. The molecule has 1 amide bonds. The summed E-state index contributed by atoms with van der Waals surface area (Å²) in [5.41, 5.74) is 6.19. The Hall–Kier alpha value is -3.06. The number of hydrogen-bond donors (Lipinski definition) is 3. The average molecular weight is 344 g/mol. The molecule has 0 aliphatic heterocycles. The van der Waals surface area contributed by atoms with Gasteiger partial charge >= 0.3 is 0 Å². The zero-order valence-corrected chi connectivity index (χ0v) is 13.5. The predicted molar refractivity (Wildman–Crippen MR) is 91.6 cm³/mol. The van der Waals surface area contributed by atoms with Gasteiger partial charge in [-0.05, 0) is 30.3 Å². The molecule has 2 heterocycles. The number of ether oxygens (including phenoxy) is 1. The molecule has 122 valence electrons. The van der Waals surface area contributed by atoms with E-state index in [9.17, 15) is 4.79 Å². The summed E-state index contributed by atoms with van der Waals surface area (Å²) in [5.74, 6) is 0.338. The van der Waals surface area contributed by atoms with Crippen LogP contribution in [0.4, 0.5) is 0 Å². The van der Waals surface area contributed by atoms with E-state index in [1.54, 1.807) is 42.7 Å². The summed E-state index contributed by atoms with van der Waals surface area (Å²) in [4.78, 5) is 20.3. The third-order valence-electron chi connectivity index (χ3n) is 3.48. The minimum Gasteiger partial charge on any atom is -0.455 e. The molecule has 0 spiro atoms. The largest absolute Gasteiger partial charge is 0.455 e. The van der Waals surface area contributed by atoms with Gasteiger partial charge in [-0.2, -0.15) is 0 Å². The standard InChI is InChI=1S/C16H14ClN5O2/c1-22(16(18)19)15(23)12-8-10-11(17)2-3-13(14(10)21-12)24-9-4-6-20-7-5-9/h2-8,21H,1H3,(H3,18,19). The van der Waals surface area contributed by atoms with E-state index >= 15 is 0 Å². The van der Waals surface area contributed by atoms with Crippen molar-refractivity contribution >= 4 is 34.4 Å². The summed E-state index contributed by atoms with van der Waals surface area (Å²) in [5, 5.41) is 8.48. The highest BCUT2D eigenvalue weighted by Crippen LogP contribution is 2.34. The highest BCUT2D eigenvalue weighted by molar-refractivity contribution is 6.35. The zero-order chi connectivity index (χ0) is 17.3. The molecule has 2 aromatic heterocycles. The molecule has 4 N–H and O–H groups in total. The van der Waals surface area contributed by atoms with E-state index in [0.29, 0.717) is 27.4 Å². The molecule has 0 saturated carbocycles. The Morgan fingerprint density at radius 2 is 2.04 bits per heavy atom. The molecule has 1 aromatic carbocycles. The lowest BCUT2D eigenvalue weighted by molar-refractivity contribution is 0.0864. The fraction of sp³-hybridized carbons (Fsp3) is 0.0625. The zero-order valence-electron chi connectivity index (χ0n) is 12.7. The van der Waals surface area contributed by atoms with E-state index in [2.05, 4.69) is 9.97 Å². The van der Waals surface area contributed by atoms with Crippen LogP contribution in [-0.2, 0) is 0 Å². The first-order valence-electron chi connectivity index (χ1n) is 6.98. The number of hydrogen-bond acceptors (Lipinski definition) is 4. The van der Waals surface area contributed by atoms with Gasteiger partial charge in [0.1, 0.15) is 11.4 Å². The van der Waals surface area contributed by atoms with Gasteiger partial charge in [0.15, 0.2) is 11.7 Å². The Labute approximate surface area is 142 Å². The van der Waals surface area contributed by atoms with Crippen LogP contribution in [0.5, 0.6) is 11.5 Å². The fourth-order valence-corrected chi connectivity index (χ4v) is 2.39. The van der Waals surface area contributed by atoms with Crippen molar-refractivity contribution in [3.05, 3.63) is 53.4 Å². The second kappa shape index (κ2) is 6.21. The number of pyridine rings is 1. The van der Waals surface area contributed by atoms with Crippen molar-refractivity contribution in [2.45, 2.75) is 0 Å². The van der Waals surface area contributed by atoms with E-state index < -0.39 is 5.91 Å². The molecule has 0 aliphatic rings. The van der Waals surface area contributed by atoms with E-state index in [1.165, 1.54) is 7.05 Å². The summed E-state index contributed by atoms with van der Waals surface area (Å²) in [6.45, 7) is 0. The molecule has 0 atom stereocenters. The normalized spacial score (nSPS) is 10.6. The van der Waals surface area contributed by atoms with Crippen molar-refractivity contribution in [3.63, 3.8) is 0 Å². The molecule has 3 rings (SSSR count). The highest BCUT2D eigenvalue weighted by atomic mass is 35.5. The summed E-state index contributed by atoms with van der Waals surface area (Å²) in [6.07, 6.45) is 3.24. The van der Waals surface area contributed by atoms with Gasteiger partial charge in [-0.25, -0.2) is 0 Å². The van der Waals surface area contributed by atoms with E-state index in [0.717, 1.165) is 4.90 Å². The Morgan fingerprint density at radius 1 is 1.33 bits per heavy atom. The first kappa shape index (κ1) is 15.8. The minimum atomic E-state index is -0.440. The highest BCUT2D eigenvalue weighted by Gasteiger charge is 2.19. The van der Waals surface area contributed by atoms with Crippen molar-refractivity contribution in [3.8, 4) is 11.5 Å². The number of rotatable bonds is 3. The van der Waals surface area contributed by atoms with Gasteiger partial charge in [0.25, 0.3) is 5.91 Å². The van der Waals surface area contributed by atoms with Crippen molar-refractivity contribution in [1.82, 2.24) is 14.9 Å². The van der Waals surface area contributed by atoms with Gasteiger partial charge in [0, 0.05) is 24.8 Å². The van der Waals surface area contributed by atoms with Crippen LogP contribution in [0.3, 0.4) is 0 Å². The molecule has 0 fully saturated rings. The van der Waals surface area contributed by atoms with Crippen molar-refractivity contribution < 1.29 is 9.53 Å². The number of fused-ring (bicyclic) bond motifs is 1. The number of H-pyrrole nitrogens is 1. The molecule has 8 heteroatoms. The maximum Gasteiger partial charge on any atom is 0.276 e. The second-order valence-electron chi connectivity index (χ2n) is 5.05. The lowest BCUT2D eigenvalue weighted by Gasteiger charge is -2.12. The van der Waals surface area contributed by atoms with Gasteiger partial charge in [0.2, 0.25) is 0 Å². The van der Waals surface area contributed by atoms with E-state index in [-0.39, 0.29) is 11.7 Å². The molecule has 24 heavy (non-hydrogen) atoms. The maximum atomic E-state index is 12.3. The third kappa shape index (κ3) is 2.89. The Bertz CT molecular complexity index is 923. The van der Waals surface area contributed by atoms with Crippen LogP contribution in [0.1, 0.15) is 10.5 Å². The minimum absolute atomic E-state index is 0.260. The molecule has 0 radical (unpaired) electrons. The van der Waals surface area contributed by atoms with Crippen LogP contribution in [-0.4, -0.2) is 33.8 Å². The summed E-state index contributed by atoms with van der Waals surface area (Å²) < 4.78 is 5.83. The summed E-state index contributed by atoms with van der Waals surface area (Å²) in [7, 11) is 1.42. The van der Waals surface area contributed by atoms with Gasteiger partial charge in [-0.15, -0.1) is 0 Å². The van der Waals surface area contributed by atoms with Crippen LogP contribution < -0.4 is 10.5 Å². The van der Waals surface area contributed by atoms with Crippen LogP contribution >= 0.6 is 11.6 Å². The Balaban J connectivity index is 2.05. The van der Waals surface area contributed by atoms with Gasteiger partial charge in [0.05, 0.1) is 10.5 Å². The second-order valence-corrected chi connectivity index (χ2v) is 5.46. The smallest absolute Gasteiger partial charge is 0.276 e. The first-order valence-corrected chi connectivity index (χ1v) is 7.36. The summed E-state index contributed by atoms with van der Waals surface area (Å²) in [6, 6.07) is 8.46. The van der Waals surface area contributed by atoms with Crippen LogP contribution in [0.15, 0.2) is 42.7 Å². The molecule has 0 aliphatic carbocycles. The SMILES string of the molecule is CN(C(=N)N)C(=O)c1cc2c(Cl)ccc(Oc3ccncc3)c2[nH]1. The maximum absolute atomic E-state index is 12.3. The van der Waals surface area contributed by atoms with E-state index in [4.69, 9.17) is 27.5 Å². The lowest BCUT2D eigenvalue weighted by atomic mass is 10.2. The summed E-state index contributed by atoms with van der Waals surface area (Å²) >= 11 is 6.21. The fourth-order valence-electron chi connectivity index (χ4n) is 2.18. The number of nitrogens with zero attached hydrogens (tertiary/aromatic N) is 2. The number of nitrogens with two attached hydrogens (primary N) is 1. The number of halogens is 1. The predicted octanol–water partition coefficient (Wildman–Crippen LogP) is 2.97. The molecule has 0 saturated heterocycles. The molecule has 0 unspecified atom stereocenters. The van der Waals surface area contributed by atoms with Crippen LogP contribution in [0, 0.1) is 5.41 Å². The number of aromatic nitrogens is 2. The number of amides is 1. The topological polar surface area (TPSA) is 108 Å². The van der Waals surface area contributed by atoms with Crippen molar-refractivity contribution in [2.24, 2.45) is 5.73 Å².